The molecule has 1 aromatic heterocycles. The summed E-state index contributed by atoms with van der Waals surface area (Å²) in [5, 5.41) is 0. The van der Waals surface area contributed by atoms with Crippen LogP contribution < -0.4 is 0 Å². The molecule has 1 unspecified atom stereocenters. The molecule has 2 rings (SSSR count). The van der Waals surface area contributed by atoms with E-state index in [-0.39, 0.29) is 22.2 Å². The molecule has 0 bridgehead atoms. The van der Waals surface area contributed by atoms with Gasteiger partial charge >= 0.3 is 18.0 Å². The zero-order valence-electron chi connectivity index (χ0n) is 15.4. The van der Waals surface area contributed by atoms with Gasteiger partial charge < -0.3 is 23.7 Å². The predicted octanol–water partition coefficient (Wildman–Crippen LogP) is 2.40. The molecule has 2 heterocycles. The number of amides is 1. The van der Waals surface area contributed by atoms with Gasteiger partial charge in [0.1, 0.15) is 5.60 Å². The predicted molar refractivity (Wildman–Crippen MR) is 94.1 cm³/mol. The number of hydrogen-bond donors (Lipinski definition) is 0. The maximum Gasteiger partial charge on any atom is 0.410 e. The number of imidazole rings is 1. The maximum absolute atomic E-state index is 12.3. The maximum atomic E-state index is 12.3. The van der Waals surface area contributed by atoms with E-state index < -0.39 is 23.6 Å². The van der Waals surface area contributed by atoms with Crippen molar-refractivity contribution in [1.82, 2.24) is 14.5 Å². The third-order valence-corrected chi connectivity index (χ3v) is 4.37. The Bertz CT molecular complexity index is 724. The molecule has 0 saturated carbocycles. The number of likely N-dealkylation sites (tertiary alicyclic amines) is 1. The van der Waals surface area contributed by atoms with Crippen LogP contribution in [0.25, 0.3) is 0 Å². The first-order valence-corrected chi connectivity index (χ1v) is 8.80. The summed E-state index contributed by atoms with van der Waals surface area (Å²) in [6, 6.07) is -0.267. The molecule has 1 atom stereocenters. The molecule has 0 radical (unpaired) electrons. The van der Waals surface area contributed by atoms with Crippen LogP contribution in [0.3, 0.4) is 0 Å². The van der Waals surface area contributed by atoms with Crippen LogP contribution in [0, 0.1) is 0 Å². The van der Waals surface area contributed by atoms with E-state index in [0.29, 0.717) is 19.5 Å². The van der Waals surface area contributed by atoms with Crippen LogP contribution in [0.5, 0.6) is 0 Å². The van der Waals surface area contributed by atoms with Crippen LogP contribution in [0.2, 0.25) is 0 Å². The Morgan fingerprint density at radius 1 is 1.15 bits per heavy atom. The van der Waals surface area contributed by atoms with Crippen molar-refractivity contribution < 1.29 is 28.6 Å². The summed E-state index contributed by atoms with van der Waals surface area (Å²) >= 11 is 3.28. The van der Waals surface area contributed by atoms with Crippen molar-refractivity contribution in [2.75, 3.05) is 27.3 Å². The molecule has 1 aliphatic heterocycles. The second kappa shape index (κ2) is 7.65. The number of ether oxygens (including phenoxy) is 3. The van der Waals surface area contributed by atoms with Crippen molar-refractivity contribution in [2.45, 2.75) is 38.8 Å². The minimum absolute atomic E-state index is 0.0118. The fourth-order valence-electron chi connectivity index (χ4n) is 2.71. The van der Waals surface area contributed by atoms with E-state index in [2.05, 4.69) is 25.7 Å². The SMILES string of the molecule is COC(=O)c1nc(Br)n(C2CCN(C(=O)OC(C)(C)C)C2)c1C(=O)OC. The normalized spacial score (nSPS) is 17.2. The number of halogens is 1. The Labute approximate surface area is 159 Å². The Morgan fingerprint density at radius 2 is 1.77 bits per heavy atom. The van der Waals surface area contributed by atoms with Crippen LogP contribution in [0.15, 0.2) is 4.73 Å². The lowest BCUT2D eigenvalue weighted by atomic mass is 10.2. The van der Waals surface area contributed by atoms with Crippen molar-refractivity contribution in [1.29, 1.82) is 0 Å². The topological polar surface area (TPSA) is 100.0 Å². The number of esters is 2. The van der Waals surface area contributed by atoms with Crippen LogP contribution in [0.4, 0.5) is 4.79 Å². The highest BCUT2D eigenvalue weighted by molar-refractivity contribution is 9.10. The van der Waals surface area contributed by atoms with E-state index >= 15 is 0 Å². The van der Waals surface area contributed by atoms with Crippen molar-refractivity contribution in [2.24, 2.45) is 0 Å². The third-order valence-electron chi connectivity index (χ3n) is 3.81. The monoisotopic (exact) mass is 431 g/mol. The lowest BCUT2D eigenvalue weighted by molar-refractivity contribution is 0.0288. The molecule has 0 N–H and O–H groups in total. The highest BCUT2D eigenvalue weighted by Crippen LogP contribution is 2.30. The lowest BCUT2D eigenvalue weighted by Gasteiger charge is -2.24. The van der Waals surface area contributed by atoms with E-state index in [9.17, 15) is 14.4 Å². The van der Waals surface area contributed by atoms with Gasteiger partial charge in [-0.15, -0.1) is 0 Å². The van der Waals surface area contributed by atoms with E-state index in [1.54, 1.807) is 30.2 Å². The van der Waals surface area contributed by atoms with Crippen molar-refractivity contribution >= 4 is 34.0 Å². The smallest absolute Gasteiger partial charge is 0.410 e. The molecule has 9 nitrogen and oxygen atoms in total. The van der Waals surface area contributed by atoms with Gasteiger partial charge in [-0.05, 0) is 43.1 Å². The number of hydrogen-bond acceptors (Lipinski definition) is 7. The molecule has 1 fully saturated rings. The summed E-state index contributed by atoms with van der Waals surface area (Å²) in [5.41, 5.74) is -0.746. The van der Waals surface area contributed by atoms with Gasteiger partial charge in [0.2, 0.25) is 0 Å². The van der Waals surface area contributed by atoms with Crippen molar-refractivity contribution in [3.8, 4) is 0 Å². The van der Waals surface area contributed by atoms with Crippen molar-refractivity contribution in [3.63, 3.8) is 0 Å². The van der Waals surface area contributed by atoms with Gasteiger partial charge in [0.05, 0.1) is 20.3 Å². The van der Waals surface area contributed by atoms with E-state index in [1.165, 1.54) is 14.2 Å². The Balaban J connectivity index is 2.32. The summed E-state index contributed by atoms with van der Waals surface area (Å²) in [5.74, 6) is -1.45. The number of rotatable bonds is 3. The largest absolute Gasteiger partial charge is 0.464 e. The summed E-state index contributed by atoms with van der Waals surface area (Å²) in [7, 11) is 2.42. The lowest BCUT2D eigenvalue weighted by Crippen LogP contribution is -2.35. The average molecular weight is 432 g/mol. The number of aromatic nitrogens is 2. The van der Waals surface area contributed by atoms with Gasteiger partial charge in [0, 0.05) is 13.1 Å². The Hall–Kier alpha value is -2.10. The highest BCUT2D eigenvalue weighted by atomic mass is 79.9. The molecule has 0 aliphatic carbocycles. The summed E-state index contributed by atoms with van der Waals surface area (Å²) in [4.78, 5) is 42.1. The molecular weight excluding hydrogens is 410 g/mol. The third kappa shape index (κ3) is 4.17. The van der Waals surface area contributed by atoms with Crippen LogP contribution in [0.1, 0.15) is 54.2 Å². The Morgan fingerprint density at radius 3 is 2.31 bits per heavy atom. The van der Waals surface area contributed by atoms with Gasteiger partial charge in [0.25, 0.3) is 0 Å². The van der Waals surface area contributed by atoms with Crippen LogP contribution >= 0.6 is 15.9 Å². The second-order valence-electron chi connectivity index (χ2n) is 6.80. The Kier molecular flexibility index (Phi) is 5.94. The van der Waals surface area contributed by atoms with Gasteiger partial charge in [-0.1, -0.05) is 0 Å². The molecule has 144 valence electrons. The fourth-order valence-corrected chi connectivity index (χ4v) is 3.36. The van der Waals surface area contributed by atoms with E-state index in [1.807, 2.05) is 0 Å². The molecule has 1 aliphatic rings. The van der Waals surface area contributed by atoms with Crippen molar-refractivity contribution in [3.05, 3.63) is 16.1 Å². The molecular formula is C16H22BrN3O6. The first-order chi connectivity index (χ1) is 12.1. The molecule has 10 heteroatoms. The number of nitrogens with zero attached hydrogens (tertiary/aromatic N) is 3. The quantitative estimate of drug-likeness (QED) is 0.534. The van der Waals surface area contributed by atoms with E-state index in [0.717, 1.165) is 0 Å². The van der Waals surface area contributed by atoms with Gasteiger partial charge in [-0.25, -0.2) is 19.4 Å². The number of carbonyl (C=O) groups excluding carboxylic acids is 3. The average Bonchev–Trinajstić information content (AvgIpc) is 3.16. The van der Waals surface area contributed by atoms with E-state index in [4.69, 9.17) is 9.47 Å². The van der Waals surface area contributed by atoms with Crippen LogP contribution in [-0.4, -0.2) is 65.4 Å². The van der Waals surface area contributed by atoms with Gasteiger partial charge in [0.15, 0.2) is 16.1 Å². The number of carbonyl (C=O) groups is 3. The molecule has 0 spiro atoms. The second-order valence-corrected chi connectivity index (χ2v) is 7.51. The summed E-state index contributed by atoms with van der Waals surface area (Å²) < 4.78 is 16.7. The number of methoxy groups -OCH3 is 2. The minimum atomic E-state index is -0.744. The summed E-state index contributed by atoms with van der Waals surface area (Å²) in [6.07, 6.45) is 0.141. The molecule has 1 amide bonds. The molecule has 0 aromatic carbocycles. The highest BCUT2D eigenvalue weighted by Gasteiger charge is 2.36. The van der Waals surface area contributed by atoms with Crippen LogP contribution in [-0.2, 0) is 14.2 Å². The summed E-state index contributed by atoms with van der Waals surface area (Å²) in [6.45, 7) is 6.15. The minimum Gasteiger partial charge on any atom is -0.464 e. The standard InChI is InChI=1S/C16H22BrN3O6/c1-16(2,3)26-15(23)19-7-6-9(8-19)20-11(13(22)25-5)10(12(21)24-4)18-14(20)17/h9H,6-8H2,1-5H3. The fraction of sp³-hybridized carbons (Fsp3) is 0.625. The first-order valence-electron chi connectivity index (χ1n) is 8.01. The van der Waals surface area contributed by atoms with Gasteiger partial charge in [-0.3, -0.25) is 0 Å². The molecule has 26 heavy (non-hydrogen) atoms. The zero-order chi connectivity index (χ0) is 19.6. The first kappa shape index (κ1) is 20.2. The molecule has 1 saturated heterocycles. The zero-order valence-corrected chi connectivity index (χ0v) is 17.0. The molecule has 1 aromatic rings. The van der Waals surface area contributed by atoms with Gasteiger partial charge in [-0.2, -0.15) is 0 Å².